The average Bonchev–Trinajstić information content (AvgIpc) is 2.90. The maximum atomic E-state index is 10.9. The van der Waals surface area contributed by atoms with E-state index < -0.39 is 27.0 Å². The molecule has 3 aromatic rings. The zero-order valence-corrected chi connectivity index (χ0v) is 12.8. The summed E-state index contributed by atoms with van der Waals surface area (Å²) in [6.45, 7) is 0. The summed E-state index contributed by atoms with van der Waals surface area (Å²) in [7, 11) is 0. The van der Waals surface area contributed by atoms with Gasteiger partial charge in [0, 0.05) is 17.0 Å². The number of nitrogens with zero attached hydrogens (tertiary/aromatic N) is 3. The molecule has 0 fully saturated rings. The SMILES string of the molecule is O=[N+]([O-])c1cc(Sc2nc3ccccc3s2)cc([N+](=O)[O-])c1O. The van der Waals surface area contributed by atoms with Gasteiger partial charge in [-0.3, -0.25) is 20.2 Å². The number of phenolic OH excluding ortho intramolecular Hbond substituents is 1. The minimum atomic E-state index is -0.950. The Labute approximate surface area is 136 Å². The largest absolute Gasteiger partial charge is 0.497 e. The number of hydrogen-bond donors (Lipinski definition) is 1. The van der Waals surface area contributed by atoms with E-state index in [4.69, 9.17) is 0 Å². The molecule has 0 aliphatic heterocycles. The third-order valence-corrected chi connectivity index (χ3v) is 4.98. The van der Waals surface area contributed by atoms with Crippen molar-refractivity contribution >= 4 is 44.7 Å². The minimum Gasteiger partial charge on any atom is -0.497 e. The smallest absolute Gasteiger partial charge is 0.319 e. The number of thiazole rings is 1. The standard InChI is InChI=1S/C13H7N3O5S2/c17-12-9(15(18)19)5-7(6-10(12)16(20)21)22-13-14-8-3-1-2-4-11(8)23-13/h1-6,17H. The first-order valence-corrected chi connectivity index (χ1v) is 7.78. The highest BCUT2D eigenvalue weighted by Gasteiger charge is 2.26. The van der Waals surface area contributed by atoms with Gasteiger partial charge < -0.3 is 5.11 Å². The molecule has 0 aliphatic carbocycles. The molecule has 0 radical (unpaired) electrons. The molecule has 0 amide bonds. The molecule has 0 saturated carbocycles. The van der Waals surface area contributed by atoms with Crippen LogP contribution in [0.5, 0.6) is 5.75 Å². The molecule has 1 aromatic heterocycles. The highest BCUT2D eigenvalue weighted by atomic mass is 32.2. The summed E-state index contributed by atoms with van der Waals surface area (Å²) in [5.74, 6) is -0.950. The second-order valence-corrected chi connectivity index (χ2v) is 6.73. The number of phenols is 1. The molecule has 10 heteroatoms. The Balaban J connectivity index is 2.05. The van der Waals surface area contributed by atoms with Crippen molar-refractivity contribution in [1.29, 1.82) is 0 Å². The summed E-state index contributed by atoms with van der Waals surface area (Å²) < 4.78 is 1.54. The number of aromatic hydroxyl groups is 1. The molecule has 0 aliphatic rings. The third kappa shape index (κ3) is 2.94. The second kappa shape index (κ2) is 5.82. The van der Waals surface area contributed by atoms with Gasteiger partial charge in [0.1, 0.15) is 0 Å². The van der Waals surface area contributed by atoms with Crippen molar-refractivity contribution in [1.82, 2.24) is 4.98 Å². The van der Waals surface area contributed by atoms with E-state index in [9.17, 15) is 25.3 Å². The van der Waals surface area contributed by atoms with E-state index >= 15 is 0 Å². The van der Waals surface area contributed by atoms with Crippen LogP contribution in [0.2, 0.25) is 0 Å². The predicted octanol–water partition coefficient (Wildman–Crippen LogP) is 3.97. The van der Waals surface area contributed by atoms with E-state index in [1.807, 2.05) is 24.3 Å². The van der Waals surface area contributed by atoms with Gasteiger partial charge in [-0.15, -0.1) is 11.3 Å². The number of hydrogen-bond acceptors (Lipinski definition) is 8. The average molecular weight is 349 g/mol. The number of benzene rings is 2. The molecule has 1 heterocycles. The number of rotatable bonds is 4. The highest BCUT2D eigenvalue weighted by Crippen LogP contribution is 2.42. The van der Waals surface area contributed by atoms with Crippen molar-refractivity contribution in [2.45, 2.75) is 9.24 Å². The highest BCUT2D eigenvalue weighted by molar-refractivity contribution is 8.01. The van der Waals surface area contributed by atoms with Crippen LogP contribution in [0.25, 0.3) is 10.2 Å². The summed E-state index contributed by atoms with van der Waals surface area (Å²) in [5.41, 5.74) is -0.631. The molecule has 0 saturated heterocycles. The van der Waals surface area contributed by atoms with E-state index in [2.05, 4.69) is 4.98 Å². The first kappa shape index (κ1) is 15.2. The molecule has 0 bridgehead atoms. The molecule has 0 unspecified atom stereocenters. The monoisotopic (exact) mass is 349 g/mol. The van der Waals surface area contributed by atoms with E-state index in [-0.39, 0.29) is 4.90 Å². The van der Waals surface area contributed by atoms with E-state index in [1.54, 1.807) is 0 Å². The van der Waals surface area contributed by atoms with Gasteiger partial charge in [0.05, 0.1) is 20.1 Å². The lowest BCUT2D eigenvalue weighted by Gasteiger charge is -2.01. The van der Waals surface area contributed by atoms with Gasteiger partial charge in [0.25, 0.3) is 5.75 Å². The summed E-state index contributed by atoms with van der Waals surface area (Å²) in [6.07, 6.45) is 0. The molecule has 2 aromatic carbocycles. The van der Waals surface area contributed by atoms with Crippen LogP contribution in [0.15, 0.2) is 45.6 Å². The fourth-order valence-corrected chi connectivity index (χ4v) is 4.02. The molecule has 23 heavy (non-hydrogen) atoms. The van der Waals surface area contributed by atoms with Crippen LogP contribution in [0, 0.1) is 20.2 Å². The van der Waals surface area contributed by atoms with Crippen molar-refractivity contribution in [3.63, 3.8) is 0 Å². The molecule has 3 rings (SSSR count). The van der Waals surface area contributed by atoms with E-state index in [0.29, 0.717) is 4.34 Å². The van der Waals surface area contributed by atoms with Crippen molar-refractivity contribution in [3.8, 4) is 5.75 Å². The van der Waals surface area contributed by atoms with Gasteiger partial charge >= 0.3 is 11.4 Å². The topological polar surface area (TPSA) is 119 Å². The molecule has 1 N–H and O–H groups in total. The lowest BCUT2D eigenvalue weighted by Crippen LogP contribution is -1.95. The van der Waals surface area contributed by atoms with Crippen LogP contribution < -0.4 is 0 Å². The zero-order valence-electron chi connectivity index (χ0n) is 11.2. The molecule has 0 spiro atoms. The van der Waals surface area contributed by atoms with Gasteiger partial charge in [0.2, 0.25) is 0 Å². The van der Waals surface area contributed by atoms with Gasteiger partial charge in [-0.05, 0) is 12.1 Å². The molecule has 8 nitrogen and oxygen atoms in total. The van der Waals surface area contributed by atoms with Crippen LogP contribution in [-0.2, 0) is 0 Å². The summed E-state index contributed by atoms with van der Waals surface area (Å²) in [4.78, 5) is 24.8. The third-order valence-electron chi connectivity index (χ3n) is 2.92. The van der Waals surface area contributed by atoms with E-state index in [0.717, 1.165) is 34.1 Å². The maximum absolute atomic E-state index is 10.9. The van der Waals surface area contributed by atoms with Crippen molar-refractivity contribution in [2.75, 3.05) is 0 Å². The Kier molecular flexibility index (Phi) is 3.84. The number of nitro groups is 2. The maximum Gasteiger partial charge on any atom is 0.319 e. The van der Waals surface area contributed by atoms with Crippen LogP contribution in [0.4, 0.5) is 11.4 Å². The number of para-hydroxylation sites is 1. The normalized spacial score (nSPS) is 10.8. The lowest BCUT2D eigenvalue weighted by atomic mass is 10.2. The Bertz CT molecular complexity index is 872. The fourth-order valence-electron chi connectivity index (χ4n) is 1.91. The Hall–Kier alpha value is -2.72. The Morgan fingerprint density at radius 3 is 2.26 bits per heavy atom. The van der Waals surface area contributed by atoms with Gasteiger partial charge in [0.15, 0.2) is 4.34 Å². The fraction of sp³-hybridized carbons (Fsp3) is 0. The first-order valence-electron chi connectivity index (χ1n) is 6.15. The Morgan fingerprint density at radius 2 is 1.70 bits per heavy atom. The van der Waals surface area contributed by atoms with Crippen LogP contribution in [-0.4, -0.2) is 19.9 Å². The van der Waals surface area contributed by atoms with Crippen LogP contribution in [0.1, 0.15) is 0 Å². The summed E-state index contributed by atoms with van der Waals surface area (Å²) in [6, 6.07) is 9.62. The quantitative estimate of drug-likeness (QED) is 0.559. The molecular weight excluding hydrogens is 342 g/mol. The molecular formula is C13H7N3O5S2. The minimum absolute atomic E-state index is 0.264. The number of fused-ring (bicyclic) bond motifs is 1. The Morgan fingerprint density at radius 1 is 1.09 bits per heavy atom. The van der Waals surface area contributed by atoms with E-state index in [1.165, 1.54) is 11.3 Å². The molecule has 116 valence electrons. The molecule has 0 atom stereocenters. The van der Waals surface area contributed by atoms with Crippen LogP contribution >= 0.6 is 23.1 Å². The second-order valence-electron chi connectivity index (χ2n) is 4.37. The summed E-state index contributed by atoms with van der Waals surface area (Å²) in [5, 5.41) is 31.5. The van der Waals surface area contributed by atoms with Gasteiger partial charge in [-0.25, -0.2) is 4.98 Å². The van der Waals surface area contributed by atoms with Gasteiger partial charge in [-0.2, -0.15) is 0 Å². The van der Waals surface area contributed by atoms with Crippen LogP contribution in [0.3, 0.4) is 0 Å². The van der Waals surface area contributed by atoms with Crippen molar-refractivity contribution in [3.05, 3.63) is 56.6 Å². The zero-order chi connectivity index (χ0) is 16.6. The van der Waals surface area contributed by atoms with Gasteiger partial charge in [-0.1, -0.05) is 23.9 Å². The van der Waals surface area contributed by atoms with Crippen molar-refractivity contribution < 1.29 is 15.0 Å². The summed E-state index contributed by atoms with van der Waals surface area (Å²) >= 11 is 2.45. The first-order chi connectivity index (χ1) is 11.0. The number of aromatic nitrogens is 1. The lowest BCUT2D eigenvalue weighted by molar-refractivity contribution is -0.396. The number of nitro benzene ring substituents is 2. The predicted molar refractivity (Wildman–Crippen MR) is 85.2 cm³/mol. The van der Waals surface area contributed by atoms with Crippen molar-refractivity contribution in [2.24, 2.45) is 0 Å².